The first-order chi connectivity index (χ1) is 8.49. The second-order valence-corrected chi connectivity index (χ2v) is 5.59. The van der Waals surface area contributed by atoms with Crippen molar-refractivity contribution in [2.45, 2.75) is 13.8 Å². The minimum absolute atomic E-state index is 0.000556. The van der Waals surface area contributed by atoms with E-state index in [1.165, 1.54) is 0 Å². The van der Waals surface area contributed by atoms with E-state index in [4.69, 9.17) is 11.6 Å². The zero-order chi connectivity index (χ0) is 13.3. The smallest absolute Gasteiger partial charge is 0.193 e. The van der Waals surface area contributed by atoms with Gasteiger partial charge in [-0.1, -0.05) is 45.7 Å². The van der Waals surface area contributed by atoms with Gasteiger partial charge in [-0.2, -0.15) is 0 Å². The van der Waals surface area contributed by atoms with Gasteiger partial charge in [0.15, 0.2) is 5.78 Å². The van der Waals surface area contributed by atoms with Crippen molar-refractivity contribution < 1.29 is 4.79 Å². The Hall–Kier alpha value is -1.12. The zero-order valence-electron chi connectivity index (χ0n) is 10.1. The van der Waals surface area contributed by atoms with E-state index in [2.05, 4.69) is 15.9 Å². The van der Waals surface area contributed by atoms with Crippen molar-refractivity contribution in [3.63, 3.8) is 0 Å². The van der Waals surface area contributed by atoms with Crippen molar-refractivity contribution in [3.05, 3.63) is 68.1 Å². The molecular formula is C15H12BrClO. The highest BCUT2D eigenvalue weighted by Crippen LogP contribution is 2.23. The molecule has 2 aromatic carbocycles. The Labute approximate surface area is 120 Å². The summed E-state index contributed by atoms with van der Waals surface area (Å²) in [4.78, 5) is 12.4. The van der Waals surface area contributed by atoms with Crippen LogP contribution >= 0.6 is 27.5 Å². The highest BCUT2D eigenvalue weighted by Gasteiger charge is 2.13. The Morgan fingerprint density at radius 2 is 1.89 bits per heavy atom. The Balaban J connectivity index is 2.51. The van der Waals surface area contributed by atoms with Gasteiger partial charge in [-0.15, -0.1) is 0 Å². The van der Waals surface area contributed by atoms with Crippen LogP contribution in [0.5, 0.6) is 0 Å². The van der Waals surface area contributed by atoms with E-state index in [0.717, 1.165) is 21.2 Å². The third-order valence-corrected chi connectivity index (χ3v) is 3.65. The SMILES string of the molecule is Cc1cccc(C(=O)c2cc(Cl)cc(Br)c2)c1C. The Morgan fingerprint density at radius 1 is 1.17 bits per heavy atom. The maximum atomic E-state index is 12.4. The fourth-order valence-corrected chi connectivity index (χ4v) is 2.70. The molecule has 0 amide bonds. The van der Waals surface area contributed by atoms with Gasteiger partial charge in [0.25, 0.3) is 0 Å². The summed E-state index contributed by atoms with van der Waals surface area (Å²) in [6, 6.07) is 11.0. The van der Waals surface area contributed by atoms with E-state index in [-0.39, 0.29) is 5.78 Å². The number of benzene rings is 2. The Kier molecular flexibility index (Phi) is 3.88. The predicted octanol–water partition coefficient (Wildman–Crippen LogP) is 4.95. The average molecular weight is 324 g/mol. The first-order valence-corrected chi connectivity index (χ1v) is 6.73. The molecule has 18 heavy (non-hydrogen) atoms. The van der Waals surface area contributed by atoms with Gasteiger partial charge in [0.05, 0.1) is 0 Å². The van der Waals surface area contributed by atoms with Crippen molar-refractivity contribution in [2.75, 3.05) is 0 Å². The molecule has 3 heteroatoms. The molecule has 0 aliphatic heterocycles. The summed E-state index contributed by atoms with van der Waals surface area (Å²) in [5, 5.41) is 0.554. The summed E-state index contributed by atoms with van der Waals surface area (Å²) in [6.07, 6.45) is 0. The van der Waals surface area contributed by atoms with Gasteiger partial charge in [0, 0.05) is 20.6 Å². The summed E-state index contributed by atoms with van der Waals surface area (Å²) in [5.41, 5.74) is 3.45. The molecule has 2 rings (SSSR count). The molecule has 0 fully saturated rings. The van der Waals surface area contributed by atoms with Crippen LogP contribution in [0.1, 0.15) is 27.0 Å². The summed E-state index contributed by atoms with van der Waals surface area (Å²) in [7, 11) is 0. The standard InChI is InChI=1S/C15H12BrClO/c1-9-4-3-5-14(10(9)2)15(18)11-6-12(16)8-13(17)7-11/h3-8H,1-2H3. The van der Waals surface area contributed by atoms with Crippen LogP contribution in [0.15, 0.2) is 40.9 Å². The van der Waals surface area contributed by atoms with Gasteiger partial charge >= 0.3 is 0 Å². The Morgan fingerprint density at radius 3 is 2.56 bits per heavy atom. The summed E-state index contributed by atoms with van der Waals surface area (Å²) in [5.74, 6) is -0.000556. The summed E-state index contributed by atoms with van der Waals surface area (Å²) < 4.78 is 0.809. The van der Waals surface area contributed by atoms with E-state index < -0.39 is 0 Å². The van der Waals surface area contributed by atoms with Gasteiger partial charge < -0.3 is 0 Å². The summed E-state index contributed by atoms with van der Waals surface area (Å²) in [6.45, 7) is 3.96. The zero-order valence-corrected chi connectivity index (χ0v) is 12.5. The van der Waals surface area contributed by atoms with Crippen molar-refractivity contribution >= 4 is 33.3 Å². The highest BCUT2D eigenvalue weighted by molar-refractivity contribution is 9.10. The summed E-state index contributed by atoms with van der Waals surface area (Å²) >= 11 is 9.32. The highest BCUT2D eigenvalue weighted by atomic mass is 79.9. The van der Waals surface area contributed by atoms with Crippen LogP contribution in [0.3, 0.4) is 0 Å². The van der Waals surface area contributed by atoms with Gasteiger partial charge in [-0.3, -0.25) is 4.79 Å². The van der Waals surface area contributed by atoms with E-state index in [1.807, 2.05) is 32.0 Å². The lowest BCUT2D eigenvalue weighted by Crippen LogP contribution is -2.04. The quantitative estimate of drug-likeness (QED) is 0.715. The molecular weight excluding hydrogens is 312 g/mol. The van der Waals surface area contributed by atoms with Crippen LogP contribution in [0, 0.1) is 13.8 Å². The fraction of sp³-hybridized carbons (Fsp3) is 0.133. The first kappa shape index (κ1) is 13.3. The van der Waals surface area contributed by atoms with Gasteiger partial charge in [0.2, 0.25) is 0 Å². The molecule has 0 aliphatic rings. The van der Waals surface area contributed by atoms with E-state index >= 15 is 0 Å². The van der Waals surface area contributed by atoms with Crippen LogP contribution in [0.4, 0.5) is 0 Å². The third-order valence-electron chi connectivity index (χ3n) is 2.97. The van der Waals surface area contributed by atoms with Crippen LogP contribution in [0.25, 0.3) is 0 Å². The molecule has 1 nitrogen and oxygen atoms in total. The van der Waals surface area contributed by atoms with Gasteiger partial charge in [-0.05, 0) is 43.2 Å². The molecule has 2 aromatic rings. The van der Waals surface area contributed by atoms with Crippen molar-refractivity contribution in [1.29, 1.82) is 0 Å². The lowest BCUT2D eigenvalue weighted by Gasteiger charge is -2.08. The molecule has 0 spiro atoms. The number of carbonyl (C=O) groups excluding carboxylic acids is 1. The van der Waals surface area contributed by atoms with Crippen LogP contribution < -0.4 is 0 Å². The number of rotatable bonds is 2. The number of carbonyl (C=O) groups is 1. The number of ketones is 1. The molecule has 0 aliphatic carbocycles. The predicted molar refractivity (Wildman–Crippen MR) is 78.5 cm³/mol. The van der Waals surface area contributed by atoms with Crippen molar-refractivity contribution in [1.82, 2.24) is 0 Å². The molecule has 0 aromatic heterocycles. The maximum Gasteiger partial charge on any atom is 0.193 e. The molecule has 0 radical (unpaired) electrons. The van der Waals surface area contributed by atoms with E-state index in [1.54, 1.807) is 18.2 Å². The molecule has 0 saturated carbocycles. The van der Waals surface area contributed by atoms with Gasteiger partial charge in [-0.25, -0.2) is 0 Å². The van der Waals surface area contributed by atoms with Crippen LogP contribution in [-0.4, -0.2) is 5.78 Å². The largest absolute Gasteiger partial charge is 0.289 e. The van der Waals surface area contributed by atoms with Crippen molar-refractivity contribution in [3.8, 4) is 0 Å². The Bertz CT molecular complexity index is 600. The number of aryl methyl sites for hydroxylation is 1. The van der Waals surface area contributed by atoms with Crippen LogP contribution in [-0.2, 0) is 0 Å². The second-order valence-electron chi connectivity index (χ2n) is 4.23. The van der Waals surface area contributed by atoms with Crippen LogP contribution in [0.2, 0.25) is 5.02 Å². The minimum atomic E-state index is -0.000556. The monoisotopic (exact) mass is 322 g/mol. The third kappa shape index (κ3) is 2.65. The number of hydrogen-bond donors (Lipinski definition) is 0. The topological polar surface area (TPSA) is 17.1 Å². The maximum absolute atomic E-state index is 12.4. The second kappa shape index (κ2) is 5.25. The minimum Gasteiger partial charge on any atom is -0.289 e. The lowest BCUT2D eigenvalue weighted by atomic mass is 9.96. The molecule has 0 atom stereocenters. The fourth-order valence-electron chi connectivity index (χ4n) is 1.84. The van der Waals surface area contributed by atoms with E-state index in [9.17, 15) is 4.79 Å². The molecule has 0 bridgehead atoms. The molecule has 92 valence electrons. The first-order valence-electron chi connectivity index (χ1n) is 5.56. The number of halogens is 2. The molecule has 0 heterocycles. The molecule has 0 unspecified atom stereocenters. The van der Waals surface area contributed by atoms with E-state index in [0.29, 0.717) is 10.6 Å². The van der Waals surface area contributed by atoms with Crippen molar-refractivity contribution in [2.24, 2.45) is 0 Å². The lowest BCUT2D eigenvalue weighted by molar-refractivity contribution is 0.103. The number of hydrogen-bond acceptors (Lipinski definition) is 1. The molecule has 0 N–H and O–H groups in total. The average Bonchev–Trinajstić information content (AvgIpc) is 2.30. The van der Waals surface area contributed by atoms with Gasteiger partial charge in [0.1, 0.15) is 0 Å². The normalized spacial score (nSPS) is 10.4. The molecule has 0 saturated heterocycles.